The van der Waals surface area contributed by atoms with Crippen LogP contribution in [0.15, 0.2) is 55.4 Å². The Balaban J connectivity index is 1.27. The van der Waals surface area contributed by atoms with Gasteiger partial charge in [-0.25, -0.2) is 9.97 Å². The quantitative estimate of drug-likeness (QED) is 0.452. The summed E-state index contributed by atoms with van der Waals surface area (Å²) in [6.45, 7) is 11.3. The summed E-state index contributed by atoms with van der Waals surface area (Å²) in [5.74, 6) is 1.95. The van der Waals surface area contributed by atoms with Gasteiger partial charge in [-0.15, -0.1) is 0 Å². The van der Waals surface area contributed by atoms with Crippen molar-refractivity contribution < 1.29 is 9.53 Å². The number of rotatable bonds is 6. The minimum absolute atomic E-state index is 0.00505. The summed E-state index contributed by atoms with van der Waals surface area (Å²) < 4.78 is 6.55. The molecule has 2 fully saturated rings. The van der Waals surface area contributed by atoms with Crippen molar-refractivity contribution in [3.8, 4) is 5.75 Å². The number of hydrogen-bond acceptors (Lipinski definition) is 7. The smallest absolute Gasteiger partial charge is 0.246 e. The Kier molecular flexibility index (Phi) is 7.12. The first-order valence-electron chi connectivity index (χ1n) is 14.1. The highest BCUT2D eigenvalue weighted by molar-refractivity contribution is 5.97. The molecule has 8 heteroatoms. The molecule has 1 amide bonds. The van der Waals surface area contributed by atoms with Gasteiger partial charge in [0.1, 0.15) is 24.5 Å². The molecule has 0 saturated carbocycles. The van der Waals surface area contributed by atoms with Crippen LogP contribution in [0.3, 0.4) is 0 Å². The van der Waals surface area contributed by atoms with Gasteiger partial charge in [0.15, 0.2) is 0 Å². The van der Waals surface area contributed by atoms with Crippen molar-refractivity contribution in [3.63, 3.8) is 0 Å². The molecule has 3 aliphatic heterocycles. The monoisotopic (exact) mass is 526 g/mol. The summed E-state index contributed by atoms with van der Waals surface area (Å²) in [5, 5.41) is 2.43. The van der Waals surface area contributed by atoms with Crippen molar-refractivity contribution in [3.05, 3.63) is 66.6 Å². The summed E-state index contributed by atoms with van der Waals surface area (Å²) in [6.07, 6.45) is 6.38. The first-order chi connectivity index (χ1) is 19.0. The minimum Gasteiger partial charge on any atom is -0.490 e. The first kappa shape index (κ1) is 25.6. The molecule has 204 valence electrons. The van der Waals surface area contributed by atoms with Crippen LogP contribution in [0.4, 0.5) is 11.5 Å². The second-order valence-electron chi connectivity index (χ2n) is 11.0. The molecule has 0 radical (unpaired) electrons. The number of aromatic nitrogens is 2. The van der Waals surface area contributed by atoms with Gasteiger partial charge in [0, 0.05) is 49.2 Å². The Bertz CT molecular complexity index is 1380. The van der Waals surface area contributed by atoms with E-state index in [0.717, 1.165) is 49.0 Å². The van der Waals surface area contributed by atoms with Gasteiger partial charge >= 0.3 is 0 Å². The van der Waals surface area contributed by atoms with Crippen molar-refractivity contribution >= 4 is 28.2 Å². The standard InChI is InChI=1S/C31H38N6O2/c1-4-29(38)35-16-17-37(22(2)18-35)31-26-13-15-36(19-27(26)32-21-33-31)30-25-10-6-5-8-23(25)11-12-28(30)39-20-24-9-7-14-34(24)3/h4-6,8,10-12,21-22,24H,1,7,9,13-20H2,2-3H3/t22-,24+/m1/s1. The van der Waals surface area contributed by atoms with Crippen molar-refractivity contribution in [2.75, 3.05) is 56.2 Å². The highest BCUT2D eigenvalue weighted by atomic mass is 16.5. The van der Waals surface area contributed by atoms with Crippen LogP contribution in [0.1, 0.15) is 31.0 Å². The number of carbonyl (C=O) groups excluding carboxylic acids is 1. The third-order valence-electron chi connectivity index (χ3n) is 8.65. The fourth-order valence-corrected chi connectivity index (χ4v) is 6.43. The van der Waals surface area contributed by atoms with Crippen LogP contribution >= 0.6 is 0 Å². The first-order valence-corrected chi connectivity index (χ1v) is 14.1. The predicted molar refractivity (Wildman–Crippen MR) is 155 cm³/mol. The molecular formula is C31H38N6O2. The van der Waals surface area contributed by atoms with Gasteiger partial charge < -0.3 is 24.3 Å². The summed E-state index contributed by atoms with van der Waals surface area (Å²) in [7, 11) is 2.19. The van der Waals surface area contributed by atoms with E-state index in [1.54, 1.807) is 6.33 Å². The van der Waals surface area contributed by atoms with Gasteiger partial charge in [-0.05, 0) is 57.3 Å². The molecule has 1 aromatic heterocycles. The molecule has 0 aliphatic carbocycles. The molecule has 2 aromatic carbocycles. The van der Waals surface area contributed by atoms with Crippen LogP contribution < -0.4 is 14.5 Å². The molecule has 6 rings (SSSR count). The predicted octanol–water partition coefficient (Wildman–Crippen LogP) is 3.89. The van der Waals surface area contributed by atoms with Gasteiger partial charge in [-0.2, -0.15) is 0 Å². The topological polar surface area (TPSA) is 65.0 Å². The van der Waals surface area contributed by atoms with Gasteiger partial charge in [0.05, 0.1) is 17.9 Å². The molecule has 39 heavy (non-hydrogen) atoms. The van der Waals surface area contributed by atoms with E-state index in [-0.39, 0.29) is 11.9 Å². The third kappa shape index (κ3) is 4.93. The normalized spacial score (nSPS) is 21.7. The molecule has 4 heterocycles. The molecule has 2 saturated heterocycles. The number of likely N-dealkylation sites (tertiary alicyclic amines) is 1. The Hall–Kier alpha value is -3.65. The number of ether oxygens (including phenoxy) is 1. The molecule has 8 nitrogen and oxygen atoms in total. The van der Waals surface area contributed by atoms with E-state index in [1.807, 2.05) is 4.90 Å². The largest absolute Gasteiger partial charge is 0.490 e. The van der Waals surface area contributed by atoms with Crippen LogP contribution in [-0.2, 0) is 17.8 Å². The maximum Gasteiger partial charge on any atom is 0.246 e. The van der Waals surface area contributed by atoms with Crippen LogP contribution in [0.25, 0.3) is 10.8 Å². The van der Waals surface area contributed by atoms with Crippen LogP contribution in [-0.4, -0.2) is 84.1 Å². The highest BCUT2D eigenvalue weighted by Gasteiger charge is 2.31. The summed E-state index contributed by atoms with van der Waals surface area (Å²) in [6, 6.07) is 13.5. The number of amides is 1. The maximum absolute atomic E-state index is 12.2. The number of likely N-dealkylation sites (N-methyl/N-ethyl adjacent to an activating group) is 1. The van der Waals surface area contributed by atoms with E-state index in [0.29, 0.717) is 32.3 Å². The fourth-order valence-electron chi connectivity index (χ4n) is 6.43. The Morgan fingerprint density at radius 3 is 2.79 bits per heavy atom. The lowest BCUT2D eigenvalue weighted by molar-refractivity contribution is -0.126. The Morgan fingerprint density at radius 1 is 1.13 bits per heavy atom. The van der Waals surface area contributed by atoms with Crippen molar-refractivity contribution in [2.45, 2.75) is 44.8 Å². The number of benzene rings is 2. The number of carbonyl (C=O) groups is 1. The average Bonchev–Trinajstić information content (AvgIpc) is 3.39. The molecule has 0 spiro atoms. The SMILES string of the molecule is C=CC(=O)N1CCN(c2ncnc3c2CCN(c2c(OC[C@@H]4CCCN4C)ccc4ccccc24)C3)[C@H](C)C1. The summed E-state index contributed by atoms with van der Waals surface area (Å²) in [5.41, 5.74) is 3.45. The van der Waals surface area contributed by atoms with Crippen molar-refractivity contribution in [2.24, 2.45) is 0 Å². The van der Waals surface area contributed by atoms with E-state index in [2.05, 4.69) is 71.6 Å². The number of piperazine rings is 1. The zero-order valence-electron chi connectivity index (χ0n) is 23.1. The highest BCUT2D eigenvalue weighted by Crippen LogP contribution is 2.40. The van der Waals surface area contributed by atoms with E-state index in [9.17, 15) is 4.79 Å². The van der Waals surface area contributed by atoms with Gasteiger partial charge in [-0.1, -0.05) is 36.9 Å². The number of hydrogen-bond donors (Lipinski definition) is 0. The lowest BCUT2D eigenvalue weighted by Gasteiger charge is -2.42. The van der Waals surface area contributed by atoms with Crippen molar-refractivity contribution in [1.29, 1.82) is 0 Å². The van der Waals surface area contributed by atoms with Crippen molar-refractivity contribution in [1.82, 2.24) is 19.8 Å². The second-order valence-corrected chi connectivity index (χ2v) is 11.0. The summed E-state index contributed by atoms with van der Waals surface area (Å²) >= 11 is 0. The van der Waals surface area contributed by atoms with Crippen LogP contribution in [0.5, 0.6) is 5.75 Å². The molecule has 3 aromatic rings. The lowest BCUT2D eigenvalue weighted by Crippen LogP contribution is -2.54. The molecule has 3 aliphatic rings. The van der Waals surface area contributed by atoms with E-state index in [1.165, 1.54) is 35.3 Å². The molecule has 0 bridgehead atoms. The van der Waals surface area contributed by atoms with Gasteiger partial charge in [0.25, 0.3) is 0 Å². The molecule has 0 N–H and O–H groups in total. The molecule has 2 atom stereocenters. The zero-order chi connectivity index (χ0) is 26.9. The maximum atomic E-state index is 12.2. The van der Waals surface area contributed by atoms with E-state index in [4.69, 9.17) is 14.7 Å². The van der Waals surface area contributed by atoms with Crippen LogP contribution in [0.2, 0.25) is 0 Å². The zero-order valence-corrected chi connectivity index (χ0v) is 23.1. The number of fused-ring (bicyclic) bond motifs is 2. The van der Waals surface area contributed by atoms with Gasteiger partial charge in [-0.3, -0.25) is 4.79 Å². The Morgan fingerprint density at radius 2 is 2.00 bits per heavy atom. The Labute approximate surface area is 230 Å². The average molecular weight is 527 g/mol. The second kappa shape index (κ2) is 10.8. The van der Waals surface area contributed by atoms with Gasteiger partial charge in [0.2, 0.25) is 5.91 Å². The summed E-state index contributed by atoms with van der Waals surface area (Å²) in [4.78, 5) is 30.7. The molecule has 0 unspecified atom stereocenters. The minimum atomic E-state index is -0.00505. The molecular weight excluding hydrogens is 488 g/mol. The van der Waals surface area contributed by atoms with Crippen LogP contribution in [0, 0.1) is 0 Å². The number of anilines is 2. The third-order valence-corrected chi connectivity index (χ3v) is 8.65. The lowest BCUT2D eigenvalue weighted by atomic mass is 10.0. The van der Waals surface area contributed by atoms with E-state index >= 15 is 0 Å². The van der Waals surface area contributed by atoms with E-state index < -0.39 is 0 Å². The number of nitrogens with zero attached hydrogens (tertiary/aromatic N) is 6. The fraction of sp³-hybridized carbons (Fsp3) is 0.452.